The minimum Gasteiger partial charge on any atom is -0.378 e. The van der Waals surface area contributed by atoms with Gasteiger partial charge in [0.1, 0.15) is 0 Å². The molecule has 2 aromatic rings. The van der Waals surface area contributed by atoms with E-state index >= 15 is 0 Å². The molecule has 1 aliphatic carbocycles. The van der Waals surface area contributed by atoms with Gasteiger partial charge in [-0.2, -0.15) is 0 Å². The van der Waals surface area contributed by atoms with E-state index in [0.29, 0.717) is 5.92 Å². The van der Waals surface area contributed by atoms with E-state index in [9.17, 15) is 0 Å². The summed E-state index contributed by atoms with van der Waals surface area (Å²) in [5.41, 5.74) is 8.53. The predicted octanol–water partition coefficient (Wildman–Crippen LogP) is 5.46. The third kappa shape index (κ3) is 3.74. The van der Waals surface area contributed by atoms with Gasteiger partial charge < -0.3 is 4.90 Å². The van der Waals surface area contributed by atoms with Gasteiger partial charge in [-0.05, 0) is 55.2 Å². The third-order valence-corrected chi connectivity index (χ3v) is 4.66. The first-order chi connectivity index (χ1) is 12.0. The first-order valence-corrected chi connectivity index (χ1v) is 8.74. The van der Waals surface area contributed by atoms with E-state index in [1.165, 1.54) is 33.5 Å². The second-order valence-electron chi connectivity index (χ2n) is 7.01. The van der Waals surface area contributed by atoms with Crippen molar-refractivity contribution in [3.63, 3.8) is 0 Å². The summed E-state index contributed by atoms with van der Waals surface area (Å²) < 4.78 is 0. The van der Waals surface area contributed by atoms with Crippen molar-refractivity contribution < 1.29 is 0 Å². The summed E-state index contributed by atoms with van der Waals surface area (Å²) in [7, 11) is 4.16. The third-order valence-electron chi connectivity index (χ3n) is 4.66. The van der Waals surface area contributed by atoms with Gasteiger partial charge in [0.05, 0.1) is 5.69 Å². The van der Waals surface area contributed by atoms with Crippen LogP contribution in [0.2, 0.25) is 0 Å². The first kappa shape index (κ1) is 17.2. The van der Waals surface area contributed by atoms with E-state index in [1.54, 1.807) is 0 Å². The molecule has 0 fully saturated rings. The lowest BCUT2D eigenvalue weighted by molar-refractivity contribution is 0.530. The number of hydrogen-bond donors (Lipinski definition) is 0. The van der Waals surface area contributed by atoms with Crippen LogP contribution in [0.25, 0.3) is 0 Å². The van der Waals surface area contributed by atoms with Crippen molar-refractivity contribution in [1.82, 2.24) is 4.90 Å². The minimum atomic E-state index is 0.306. The summed E-state index contributed by atoms with van der Waals surface area (Å²) in [6.07, 6.45) is 8.75. The molecule has 25 heavy (non-hydrogen) atoms. The zero-order valence-electron chi connectivity index (χ0n) is 15.7. The van der Waals surface area contributed by atoms with Crippen molar-refractivity contribution in [1.29, 1.82) is 0 Å². The van der Waals surface area contributed by atoms with E-state index in [4.69, 9.17) is 4.99 Å². The number of aliphatic imine (C=N–C) groups is 1. The van der Waals surface area contributed by atoms with Crippen molar-refractivity contribution in [2.75, 3.05) is 14.1 Å². The molecule has 0 aliphatic heterocycles. The average molecular weight is 330 g/mol. The van der Waals surface area contributed by atoms with Crippen molar-refractivity contribution in [2.24, 2.45) is 4.99 Å². The number of benzene rings is 2. The molecule has 0 radical (unpaired) electrons. The van der Waals surface area contributed by atoms with Gasteiger partial charge in [0.25, 0.3) is 0 Å². The molecule has 2 aromatic carbocycles. The summed E-state index contributed by atoms with van der Waals surface area (Å²) in [6.45, 7) is 6.39. The van der Waals surface area contributed by atoms with Crippen LogP contribution < -0.4 is 0 Å². The Balaban J connectivity index is 1.94. The van der Waals surface area contributed by atoms with Crippen LogP contribution in [0.3, 0.4) is 0 Å². The van der Waals surface area contributed by atoms with Crippen LogP contribution >= 0.6 is 0 Å². The molecule has 1 atom stereocenters. The van der Waals surface area contributed by atoms with Gasteiger partial charge in [-0.25, -0.2) is 0 Å². The van der Waals surface area contributed by atoms with Gasteiger partial charge in [-0.15, -0.1) is 0 Å². The van der Waals surface area contributed by atoms with E-state index in [2.05, 4.69) is 94.4 Å². The topological polar surface area (TPSA) is 15.6 Å². The molecule has 1 aliphatic rings. The van der Waals surface area contributed by atoms with Gasteiger partial charge in [0.2, 0.25) is 0 Å². The molecule has 0 aromatic heterocycles. The molecule has 3 rings (SSSR count). The summed E-state index contributed by atoms with van der Waals surface area (Å²) in [6, 6.07) is 12.9. The second kappa shape index (κ2) is 7.10. The molecule has 0 saturated heterocycles. The largest absolute Gasteiger partial charge is 0.378 e. The normalized spacial score (nSPS) is 16.5. The Labute approximate surface area is 151 Å². The molecule has 0 amide bonds. The summed E-state index contributed by atoms with van der Waals surface area (Å²) in [5.74, 6) is 0.306. The Kier molecular flexibility index (Phi) is 4.89. The molecule has 0 spiro atoms. The highest BCUT2D eigenvalue weighted by Gasteiger charge is 2.15. The van der Waals surface area contributed by atoms with Crippen LogP contribution in [0.5, 0.6) is 0 Å². The van der Waals surface area contributed by atoms with Crippen molar-refractivity contribution in [2.45, 2.75) is 26.7 Å². The molecule has 2 heteroatoms. The lowest BCUT2D eigenvalue weighted by Crippen LogP contribution is -2.07. The molecule has 2 nitrogen and oxygen atoms in total. The van der Waals surface area contributed by atoms with Crippen LogP contribution in [-0.4, -0.2) is 25.2 Å². The molecular weight excluding hydrogens is 304 g/mol. The lowest BCUT2D eigenvalue weighted by Gasteiger charge is -2.13. The number of hydrogen-bond acceptors (Lipinski definition) is 2. The maximum Gasteiger partial charge on any atom is 0.0688 e. The zero-order valence-corrected chi connectivity index (χ0v) is 15.7. The number of allylic oxidation sites excluding steroid dienone is 3. The van der Waals surface area contributed by atoms with E-state index in [-0.39, 0.29) is 0 Å². The Hall–Kier alpha value is -2.61. The fourth-order valence-electron chi connectivity index (χ4n) is 3.43. The van der Waals surface area contributed by atoms with E-state index in [0.717, 1.165) is 5.69 Å². The lowest BCUT2D eigenvalue weighted by atomic mass is 9.96. The van der Waals surface area contributed by atoms with Gasteiger partial charge in [-0.3, -0.25) is 4.99 Å². The number of likely N-dealkylation sites (N-methyl/N-ethyl adjacent to an activating group) is 1. The molecule has 1 unspecified atom stereocenters. The molecule has 128 valence electrons. The SMILES string of the molecule is Cc1cc(C)c(N=Cc2ccccc2C2C=CC(N(C)C)=C2)c(C)c1. The highest BCUT2D eigenvalue weighted by Crippen LogP contribution is 2.30. The molecule has 0 heterocycles. The van der Waals surface area contributed by atoms with Gasteiger partial charge in [-0.1, -0.05) is 48.0 Å². The Morgan fingerprint density at radius 2 is 1.68 bits per heavy atom. The fourth-order valence-corrected chi connectivity index (χ4v) is 3.43. The monoisotopic (exact) mass is 330 g/mol. The minimum absolute atomic E-state index is 0.306. The first-order valence-electron chi connectivity index (χ1n) is 8.74. The fraction of sp³-hybridized carbons (Fsp3) is 0.261. The van der Waals surface area contributed by atoms with Crippen LogP contribution in [0, 0.1) is 20.8 Å². The number of aryl methyl sites for hydroxylation is 3. The predicted molar refractivity (Wildman–Crippen MR) is 108 cm³/mol. The van der Waals surface area contributed by atoms with Crippen LogP contribution in [0.1, 0.15) is 33.7 Å². The van der Waals surface area contributed by atoms with Crippen LogP contribution in [0.15, 0.2) is 65.3 Å². The quantitative estimate of drug-likeness (QED) is 0.680. The van der Waals surface area contributed by atoms with Crippen molar-refractivity contribution in [3.8, 4) is 0 Å². The Morgan fingerprint density at radius 3 is 2.32 bits per heavy atom. The number of rotatable bonds is 4. The maximum absolute atomic E-state index is 4.82. The summed E-state index contributed by atoms with van der Waals surface area (Å²) in [4.78, 5) is 6.97. The van der Waals surface area contributed by atoms with Crippen LogP contribution in [0.4, 0.5) is 5.69 Å². The van der Waals surface area contributed by atoms with E-state index < -0.39 is 0 Å². The number of nitrogens with zero attached hydrogens (tertiary/aromatic N) is 2. The highest BCUT2D eigenvalue weighted by atomic mass is 15.1. The Morgan fingerprint density at radius 1 is 1.00 bits per heavy atom. The Bertz CT molecular complexity index is 846. The smallest absolute Gasteiger partial charge is 0.0688 e. The maximum atomic E-state index is 4.82. The second-order valence-corrected chi connectivity index (χ2v) is 7.01. The summed E-state index contributed by atoms with van der Waals surface area (Å²) in [5, 5.41) is 0. The average Bonchev–Trinajstić information content (AvgIpc) is 3.04. The standard InChI is InChI=1S/C23H26N2/c1-16-12-17(2)23(18(3)13-16)24-15-20-8-6-7-9-22(20)19-10-11-21(14-19)25(4)5/h6-15,19H,1-5H3. The van der Waals surface area contributed by atoms with Crippen LogP contribution in [-0.2, 0) is 0 Å². The summed E-state index contributed by atoms with van der Waals surface area (Å²) >= 11 is 0. The molecular formula is C23H26N2. The van der Waals surface area contributed by atoms with Gasteiger partial charge in [0.15, 0.2) is 0 Å². The molecule has 0 bridgehead atoms. The van der Waals surface area contributed by atoms with Gasteiger partial charge in [0, 0.05) is 31.9 Å². The molecule has 0 N–H and O–H groups in total. The van der Waals surface area contributed by atoms with Crippen molar-refractivity contribution in [3.05, 3.63) is 88.1 Å². The zero-order chi connectivity index (χ0) is 18.0. The van der Waals surface area contributed by atoms with E-state index in [1.807, 2.05) is 6.21 Å². The van der Waals surface area contributed by atoms with Crippen molar-refractivity contribution >= 4 is 11.9 Å². The highest BCUT2D eigenvalue weighted by molar-refractivity contribution is 5.85. The molecule has 0 saturated carbocycles. The van der Waals surface area contributed by atoms with Gasteiger partial charge >= 0.3 is 0 Å².